The first-order valence-electron chi connectivity index (χ1n) is 18.0. The minimum Gasteiger partial charge on any atom is -0.461 e. The van der Waals surface area contributed by atoms with Crippen LogP contribution in [0, 0.1) is 34.5 Å². The number of para-hydroxylation sites is 2. The summed E-state index contributed by atoms with van der Waals surface area (Å²) in [4.78, 5) is 25.0. The number of allylic oxidation sites excluding steroid dienone is 4. The van der Waals surface area contributed by atoms with Crippen molar-refractivity contribution in [3.05, 3.63) is 144 Å². The molecule has 0 saturated heterocycles. The van der Waals surface area contributed by atoms with Crippen LogP contribution < -0.4 is 9.47 Å². The van der Waals surface area contributed by atoms with Crippen LogP contribution in [-0.2, 0) is 32.3 Å². The normalized spacial score (nSPS) is 20.2. The summed E-state index contributed by atoms with van der Waals surface area (Å²) in [6.07, 6.45) is 4.36. The lowest BCUT2D eigenvalue weighted by atomic mass is 10.1. The predicted octanol–water partition coefficient (Wildman–Crippen LogP) is 11.5. The zero-order valence-electron chi connectivity index (χ0n) is 31.7. The highest BCUT2D eigenvalue weighted by atomic mass is 16.5. The summed E-state index contributed by atoms with van der Waals surface area (Å²) in [5.41, 5.74) is 4.28. The highest BCUT2D eigenvalue weighted by Crippen LogP contribution is 2.60. The Labute approximate surface area is 309 Å². The van der Waals surface area contributed by atoms with Crippen molar-refractivity contribution in [1.29, 1.82) is 0 Å². The molecule has 0 spiro atoms. The van der Waals surface area contributed by atoms with Crippen molar-refractivity contribution in [2.24, 2.45) is 34.5 Å². The minimum atomic E-state index is -0.119. The molecule has 2 aliphatic carbocycles. The van der Waals surface area contributed by atoms with E-state index < -0.39 is 0 Å². The monoisotopic (exact) mass is 700 g/mol. The average Bonchev–Trinajstić information content (AvgIpc) is 3.87. The maximum atomic E-state index is 12.5. The zero-order valence-corrected chi connectivity index (χ0v) is 31.7. The van der Waals surface area contributed by atoms with Crippen LogP contribution in [0.1, 0.15) is 66.5 Å². The highest BCUT2D eigenvalue weighted by Gasteiger charge is 2.62. The molecule has 272 valence electrons. The summed E-state index contributed by atoms with van der Waals surface area (Å²) in [6, 6.07) is 34.6. The minimum absolute atomic E-state index is 0.0212. The second-order valence-corrected chi connectivity index (χ2v) is 15.5. The van der Waals surface area contributed by atoms with Crippen molar-refractivity contribution in [1.82, 2.24) is 0 Å². The third-order valence-electron chi connectivity index (χ3n) is 9.87. The quantitative estimate of drug-likeness (QED) is 0.108. The van der Waals surface area contributed by atoms with Crippen LogP contribution in [0.25, 0.3) is 0 Å². The van der Waals surface area contributed by atoms with Gasteiger partial charge in [-0.05, 0) is 110 Å². The first-order valence-corrected chi connectivity index (χ1v) is 18.0. The Balaban J connectivity index is 0.000000201. The van der Waals surface area contributed by atoms with Crippen molar-refractivity contribution in [3.63, 3.8) is 0 Å². The second-order valence-electron chi connectivity index (χ2n) is 15.5. The molecule has 2 saturated carbocycles. The molecule has 4 atom stereocenters. The molecule has 0 unspecified atom stereocenters. The summed E-state index contributed by atoms with van der Waals surface area (Å²) >= 11 is 0. The largest absolute Gasteiger partial charge is 0.461 e. The van der Waals surface area contributed by atoms with E-state index >= 15 is 0 Å². The molecule has 2 fully saturated rings. The molecule has 6 rings (SSSR count). The number of carbonyl (C=O) groups is 2. The fourth-order valence-electron chi connectivity index (χ4n) is 6.73. The Morgan fingerprint density at radius 2 is 0.865 bits per heavy atom. The van der Waals surface area contributed by atoms with Gasteiger partial charge in [0.25, 0.3) is 0 Å². The van der Waals surface area contributed by atoms with Gasteiger partial charge in [-0.3, -0.25) is 9.59 Å². The molecule has 0 N–H and O–H groups in total. The number of benzene rings is 4. The van der Waals surface area contributed by atoms with Crippen molar-refractivity contribution in [3.8, 4) is 23.0 Å². The van der Waals surface area contributed by atoms with Gasteiger partial charge in [-0.2, -0.15) is 0 Å². The van der Waals surface area contributed by atoms with Crippen LogP contribution in [0.3, 0.4) is 0 Å². The first-order chi connectivity index (χ1) is 24.8. The Morgan fingerprint density at radius 1 is 0.519 bits per heavy atom. The number of carbonyl (C=O) groups excluding carboxylic acids is 2. The Kier molecular flexibility index (Phi) is 12.1. The molecule has 0 heterocycles. The van der Waals surface area contributed by atoms with E-state index in [0.717, 1.165) is 34.1 Å². The van der Waals surface area contributed by atoms with Crippen LogP contribution in [0.2, 0.25) is 0 Å². The van der Waals surface area contributed by atoms with Crippen LogP contribution in [0.4, 0.5) is 0 Å². The summed E-state index contributed by atoms with van der Waals surface area (Å²) in [7, 11) is 0. The van der Waals surface area contributed by atoms with Gasteiger partial charge < -0.3 is 18.9 Å². The van der Waals surface area contributed by atoms with E-state index in [2.05, 4.69) is 67.5 Å². The zero-order chi connectivity index (χ0) is 37.5. The number of ether oxygens (including phenoxy) is 4. The van der Waals surface area contributed by atoms with Crippen LogP contribution >= 0.6 is 0 Å². The van der Waals surface area contributed by atoms with E-state index in [9.17, 15) is 9.59 Å². The van der Waals surface area contributed by atoms with Gasteiger partial charge >= 0.3 is 11.9 Å². The van der Waals surface area contributed by atoms with Gasteiger partial charge in [0.2, 0.25) is 0 Å². The summed E-state index contributed by atoms with van der Waals surface area (Å²) in [5, 5.41) is 0. The number of hydrogen-bond donors (Lipinski definition) is 0. The van der Waals surface area contributed by atoms with E-state index in [1.165, 1.54) is 11.1 Å². The fourth-order valence-corrected chi connectivity index (χ4v) is 6.73. The Bertz CT molecular complexity index is 1740. The molecule has 4 aromatic carbocycles. The molecule has 6 heteroatoms. The van der Waals surface area contributed by atoms with Crippen LogP contribution in [0.15, 0.2) is 132 Å². The lowest BCUT2D eigenvalue weighted by Gasteiger charge is -2.09. The molecule has 52 heavy (non-hydrogen) atoms. The highest BCUT2D eigenvalue weighted by molar-refractivity contribution is 5.79. The van der Waals surface area contributed by atoms with Crippen LogP contribution in [-0.4, -0.2) is 11.9 Å². The first kappa shape index (κ1) is 38.1. The number of rotatable bonds is 12. The van der Waals surface area contributed by atoms with Gasteiger partial charge in [-0.15, -0.1) is 0 Å². The summed E-state index contributed by atoms with van der Waals surface area (Å²) in [6.45, 7) is 17.3. The van der Waals surface area contributed by atoms with E-state index in [4.69, 9.17) is 18.9 Å². The third-order valence-corrected chi connectivity index (χ3v) is 9.87. The van der Waals surface area contributed by atoms with Gasteiger partial charge in [0, 0.05) is 0 Å². The van der Waals surface area contributed by atoms with Gasteiger partial charge in [0.1, 0.15) is 36.2 Å². The molecule has 6 nitrogen and oxygen atoms in total. The molecule has 0 aromatic heterocycles. The third kappa shape index (κ3) is 10.0. The van der Waals surface area contributed by atoms with Crippen molar-refractivity contribution in [2.45, 2.75) is 68.6 Å². The Hall–Kier alpha value is -5.10. The van der Waals surface area contributed by atoms with E-state index in [1.807, 2.05) is 109 Å². The van der Waals surface area contributed by atoms with Gasteiger partial charge in [-0.25, -0.2) is 0 Å². The molecular formula is C46H52O6. The molecule has 4 aromatic rings. The molecule has 0 bridgehead atoms. The number of esters is 2. The van der Waals surface area contributed by atoms with Gasteiger partial charge in [-0.1, -0.05) is 112 Å². The maximum absolute atomic E-state index is 12.5. The van der Waals surface area contributed by atoms with E-state index in [1.54, 1.807) is 0 Å². The Morgan fingerprint density at radius 3 is 1.21 bits per heavy atom. The second kappa shape index (κ2) is 16.5. The summed E-state index contributed by atoms with van der Waals surface area (Å²) in [5.74, 6) is 3.23. The lowest BCUT2D eigenvalue weighted by molar-refractivity contribution is -0.148. The smallest absolute Gasteiger partial charge is 0.310 e. The molecular weight excluding hydrogens is 649 g/mol. The van der Waals surface area contributed by atoms with Gasteiger partial charge in [0.05, 0.1) is 11.8 Å². The maximum Gasteiger partial charge on any atom is 0.310 e. The standard InChI is InChI=1S/2C23H26O3/c2*1-16(2)13-20-21(23(20,3)4)22(24)25-15-17-9-8-12-19(14-17)26-18-10-6-5-7-11-18/h2*5-14,20-21H,15H2,1-4H3/t20-,21+;20-,21-/m10/s1. The van der Waals surface area contributed by atoms with Crippen LogP contribution in [0.5, 0.6) is 23.0 Å². The van der Waals surface area contributed by atoms with Gasteiger partial charge in [0.15, 0.2) is 0 Å². The van der Waals surface area contributed by atoms with Crippen molar-refractivity contribution >= 4 is 11.9 Å². The molecule has 2 aliphatic rings. The van der Waals surface area contributed by atoms with Crippen molar-refractivity contribution < 1.29 is 28.5 Å². The van der Waals surface area contributed by atoms with E-state index in [-0.39, 0.29) is 59.7 Å². The number of hydrogen-bond acceptors (Lipinski definition) is 6. The summed E-state index contributed by atoms with van der Waals surface area (Å²) < 4.78 is 22.8. The average molecular weight is 701 g/mol. The molecule has 0 aliphatic heterocycles. The predicted molar refractivity (Wildman–Crippen MR) is 206 cm³/mol. The molecule has 0 radical (unpaired) electrons. The SMILES string of the molecule is CC(C)=C[C@@H]1[C@@H](C(=O)OCc2cccc(Oc3ccccc3)c2)C1(C)C.CC(C)=C[C@H]1[C@@H](C(=O)OCc2cccc(Oc3ccccc3)c2)C1(C)C. The topological polar surface area (TPSA) is 71.1 Å². The lowest BCUT2D eigenvalue weighted by Crippen LogP contribution is -2.10. The van der Waals surface area contributed by atoms with E-state index in [0.29, 0.717) is 0 Å². The molecule has 0 amide bonds. The van der Waals surface area contributed by atoms with Crippen molar-refractivity contribution in [2.75, 3.05) is 0 Å². The fraction of sp³-hybridized carbons (Fsp3) is 0.348.